The number of nitrogens with two attached hydrogens (primary N) is 1. The van der Waals surface area contributed by atoms with Gasteiger partial charge < -0.3 is 15.4 Å². The highest BCUT2D eigenvalue weighted by Crippen LogP contribution is 2.32. The van der Waals surface area contributed by atoms with Crippen molar-refractivity contribution in [2.45, 2.75) is 19.1 Å². The maximum Gasteiger partial charge on any atom is 0.0762 e. The number of ether oxygens (including phenoxy) is 1. The quantitative estimate of drug-likeness (QED) is 0.912. The smallest absolute Gasteiger partial charge is 0.0762 e. The first-order valence-corrected chi connectivity index (χ1v) is 6.68. The molecule has 0 bridgehead atoms. The van der Waals surface area contributed by atoms with Gasteiger partial charge in [-0.15, -0.1) is 0 Å². The monoisotopic (exact) mass is 257 g/mol. The lowest BCUT2D eigenvalue weighted by Gasteiger charge is -2.23. The molecule has 2 heterocycles. The fourth-order valence-corrected chi connectivity index (χ4v) is 2.81. The number of anilines is 1. The van der Waals surface area contributed by atoms with Crippen LogP contribution in [0.2, 0.25) is 0 Å². The van der Waals surface area contributed by atoms with Gasteiger partial charge in [0.1, 0.15) is 0 Å². The Hall–Kier alpha value is -1.65. The Kier molecular flexibility index (Phi) is 3.36. The predicted molar refractivity (Wildman–Crippen MR) is 77.3 cm³/mol. The van der Waals surface area contributed by atoms with Gasteiger partial charge in [-0.25, -0.2) is 0 Å². The van der Waals surface area contributed by atoms with Crippen LogP contribution in [0.3, 0.4) is 0 Å². The normalized spacial score (nSPS) is 19.3. The van der Waals surface area contributed by atoms with Crippen molar-refractivity contribution in [2.75, 3.05) is 25.1 Å². The van der Waals surface area contributed by atoms with E-state index in [1.165, 1.54) is 11.1 Å². The Labute approximate surface area is 113 Å². The molecule has 1 fully saturated rings. The van der Waals surface area contributed by atoms with Gasteiger partial charge in [-0.1, -0.05) is 18.2 Å². The molecule has 1 aromatic carbocycles. The lowest BCUT2D eigenvalue weighted by atomic mass is 10.1. The van der Waals surface area contributed by atoms with Crippen LogP contribution in [0.1, 0.15) is 12.0 Å². The van der Waals surface area contributed by atoms with E-state index < -0.39 is 0 Å². The van der Waals surface area contributed by atoms with Crippen LogP contribution < -0.4 is 10.6 Å². The second-order valence-corrected chi connectivity index (χ2v) is 4.95. The number of methoxy groups -OCH3 is 1. The number of hydrogen-bond donors (Lipinski definition) is 1. The first-order valence-electron chi connectivity index (χ1n) is 6.68. The van der Waals surface area contributed by atoms with Crippen LogP contribution in [-0.2, 0) is 11.3 Å². The van der Waals surface area contributed by atoms with Crippen molar-refractivity contribution in [2.24, 2.45) is 5.73 Å². The maximum absolute atomic E-state index is 5.88. The maximum atomic E-state index is 5.88. The molecule has 0 amide bonds. The summed E-state index contributed by atoms with van der Waals surface area (Å²) in [4.78, 5) is 6.86. The summed E-state index contributed by atoms with van der Waals surface area (Å²) in [7, 11) is 1.78. The SMILES string of the molecule is COC1CCN(c2c(CN)cnc3ccccc23)C1. The third kappa shape index (κ3) is 2.17. The minimum Gasteiger partial charge on any atom is -0.380 e. The van der Waals surface area contributed by atoms with E-state index in [0.717, 1.165) is 30.6 Å². The fourth-order valence-electron chi connectivity index (χ4n) is 2.81. The van der Waals surface area contributed by atoms with Crippen molar-refractivity contribution in [3.8, 4) is 0 Å². The summed E-state index contributed by atoms with van der Waals surface area (Å²) in [6, 6.07) is 8.24. The number of benzene rings is 1. The topological polar surface area (TPSA) is 51.4 Å². The average molecular weight is 257 g/mol. The van der Waals surface area contributed by atoms with Gasteiger partial charge in [0.05, 0.1) is 17.3 Å². The molecule has 1 saturated heterocycles. The molecule has 4 nitrogen and oxygen atoms in total. The van der Waals surface area contributed by atoms with Crippen LogP contribution >= 0.6 is 0 Å². The molecule has 0 spiro atoms. The van der Waals surface area contributed by atoms with E-state index in [4.69, 9.17) is 10.5 Å². The fraction of sp³-hybridized carbons (Fsp3) is 0.400. The van der Waals surface area contributed by atoms with Crippen molar-refractivity contribution in [1.29, 1.82) is 0 Å². The molecule has 2 N–H and O–H groups in total. The standard InChI is InChI=1S/C15H19N3O/c1-19-12-6-7-18(10-12)15-11(8-16)9-17-14-5-3-2-4-13(14)15/h2-5,9,12H,6-8,10,16H2,1H3. The van der Waals surface area contributed by atoms with Crippen molar-refractivity contribution in [3.63, 3.8) is 0 Å². The van der Waals surface area contributed by atoms with Gasteiger partial charge in [-0.05, 0) is 12.5 Å². The van der Waals surface area contributed by atoms with Gasteiger partial charge >= 0.3 is 0 Å². The molecule has 19 heavy (non-hydrogen) atoms. The van der Waals surface area contributed by atoms with E-state index in [-0.39, 0.29) is 0 Å². The summed E-state index contributed by atoms with van der Waals surface area (Å²) < 4.78 is 5.46. The Balaban J connectivity index is 2.10. The predicted octanol–water partition coefficient (Wildman–Crippen LogP) is 1.92. The highest BCUT2D eigenvalue weighted by Gasteiger charge is 2.25. The summed E-state index contributed by atoms with van der Waals surface area (Å²) in [5.41, 5.74) is 9.24. The molecular formula is C15H19N3O. The molecule has 4 heteroatoms. The van der Waals surface area contributed by atoms with E-state index in [9.17, 15) is 0 Å². The zero-order chi connectivity index (χ0) is 13.2. The van der Waals surface area contributed by atoms with Crippen LogP contribution in [-0.4, -0.2) is 31.3 Å². The lowest BCUT2D eigenvalue weighted by Crippen LogP contribution is -2.24. The van der Waals surface area contributed by atoms with E-state index in [1.807, 2.05) is 18.3 Å². The van der Waals surface area contributed by atoms with E-state index >= 15 is 0 Å². The molecule has 0 aliphatic carbocycles. The van der Waals surface area contributed by atoms with Gasteiger partial charge in [0, 0.05) is 43.9 Å². The molecule has 1 aliphatic rings. The van der Waals surface area contributed by atoms with Gasteiger partial charge in [-0.3, -0.25) is 4.98 Å². The second kappa shape index (κ2) is 5.15. The third-order valence-corrected chi connectivity index (χ3v) is 3.84. The van der Waals surface area contributed by atoms with Crippen LogP contribution in [0, 0.1) is 0 Å². The minimum absolute atomic E-state index is 0.317. The lowest BCUT2D eigenvalue weighted by molar-refractivity contribution is 0.121. The first kappa shape index (κ1) is 12.4. The third-order valence-electron chi connectivity index (χ3n) is 3.84. The van der Waals surface area contributed by atoms with Crippen LogP contribution in [0.15, 0.2) is 30.5 Å². The van der Waals surface area contributed by atoms with Gasteiger partial charge in [0.25, 0.3) is 0 Å². The van der Waals surface area contributed by atoms with Crippen molar-refractivity contribution < 1.29 is 4.74 Å². The van der Waals surface area contributed by atoms with Crippen molar-refractivity contribution in [3.05, 3.63) is 36.0 Å². The average Bonchev–Trinajstić information content (AvgIpc) is 2.94. The molecule has 1 aliphatic heterocycles. The summed E-state index contributed by atoms with van der Waals surface area (Å²) >= 11 is 0. The molecule has 1 aromatic heterocycles. The number of pyridine rings is 1. The number of para-hydroxylation sites is 1. The highest BCUT2D eigenvalue weighted by molar-refractivity contribution is 5.93. The highest BCUT2D eigenvalue weighted by atomic mass is 16.5. The Morgan fingerprint density at radius 1 is 1.42 bits per heavy atom. The molecule has 2 aromatic rings. The molecule has 100 valence electrons. The summed E-state index contributed by atoms with van der Waals surface area (Å²) in [5.74, 6) is 0. The Bertz CT molecular complexity index is 585. The molecule has 3 rings (SSSR count). The summed E-state index contributed by atoms with van der Waals surface area (Å²) in [5, 5.41) is 1.18. The summed E-state index contributed by atoms with van der Waals surface area (Å²) in [6.45, 7) is 2.46. The molecule has 0 saturated carbocycles. The Morgan fingerprint density at radius 3 is 3.00 bits per heavy atom. The largest absolute Gasteiger partial charge is 0.380 e. The van der Waals surface area contributed by atoms with Crippen molar-refractivity contribution >= 4 is 16.6 Å². The number of rotatable bonds is 3. The Morgan fingerprint density at radius 2 is 2.26 bits per heavy atom. The van der Waals surface area contributed by atoms with Crippen LogP contribution in [0.25, 0.3) is 10.9 Å². The van der Waals surface area contributed by atoms with Gasteiger partial charge in [-0.2, -0.15) is 0 Å². The molecule has 0 radical (unpaired) electrons. The van der Waals surface area contributed by atoms with E-state index in [2.05, 4.69) is 22.0 Å². The molecule has 1 unspecified atom stereocenters. The molecule has 1 atom stereocenters. The van der Waals surface area contributed by atoms with E-state index in [0.29, 0.717) is 12.6 Å². The number of hydrogen-bond acceptors (Lipinski definition) is 4. The molecular weight excluding hydrogens is 238 g/mol. The van der Waals surface area contributed by atoms with Gasteiger partial charge in [0.2, 0.25) is 0 Å². The van der Waals surface area contributed by atoms with Crippen molar-refractivity contribution in [1.82, 2.24) is 4.98 Å². The van der Waals surface area contributed by atoms with Gasteiger partial charge in [0.15, 0.2) is 0 Å². The van der Waals surface area contributed by atoms with Crippen LogP contribution in [0.4, 0.5) is 5.69 Å². The first-order chi connectivity index (χ1) is 9.33. The second-order valence-electron chi connectivity index (χ2n) is 4.95. The number of nitrogens with zero attached hydrogens (tertiary/aromatic N) is 2. The zero-order valence-corrected chi connectivity index (χ0v) is 11.2. The number of aromatic nitrogens is 1. The summed E-state index contributed by atoms with van der Waals surface area (Å²) in [6.07, 6.45) is 3.28. The van der Waals surface area contributed by atoms with Crippen LogP contribution in [0.5, 0.6) is 0 Å². The van der Waals surface area contributed by atoms with E-state index in [1.54, 1.807) is 7.11 Å². The number of fused-ring (bicyclic) bond motifs is 1. The minimum atomic E-state index is 0.317. The zero-order valence-electron chi connectivity index (χ0n) is 11.2.